The maximum Gasteiger partial charge on any atom is 0.158 e. The zero-order valence-electron chi connectivity index (χ0n) is 12.5. The molecular weight excluding hydrogens is 270 g/mol. The van der Waals surface area contributed by atoms with Crippen LogP contribution in [-0.4, -0.2) is 35.1 Å². The molecule has 1 aliphatic carbocycles. The van der Waals surface area contributed by atoms with Gasteiger partial charge in [0.05, 0.1) is 6.61 Å². The molecule has 1 aromatic heterocycles. The molecule has 1 aromatic rings. The van der Waals surface area contributed by atoms with Gasteiger partial charge in [-0.3, -0.25) is 0 Å². The largest absolute Gasteiger partial charge is 0.368 e. The Bertz CT molecular complexity index is 486. The number of thioether (sulfide) groups is 1. The van der Waals surface area contributed by atoms with E-state index in [1.54, 1.807) is 0 Å². The molecule has 3 rings (SSSR count). The molecule has 1 N–H and O–H groups in total. The van der Waals surface area contributed by atoms with Gasteiger partial charge in [-0.15, -0.1) is 0 Å². The van der Waals surface area contributed by atoms with E-state index >= 15 is 0 Å². The molecule has 2 atom stereocenters. The Kier molecular flexibility index (Phi) is 4.02. The molecule has 0 amide bonds. The first-order valence-corrected chi connectivity index (χ1v) is 8.47. The fraction of sp³-hybridized carbons (Fsp3) is 0.733. The van der Waals surface area contributed by atoms with Crippen LogP contribution in [0.5, 0.6) is 0 Å². The van der Waals surface area contributed by atoms with Gasteiger partial charge in [0.15, 0.2) is 5.82 Å². The van der Waals surface area contributed by atoms with Gasteiger partial charge in [-0.2, -0.15) is 11.8 Å². The van der Waals surface area contributed by atoms with E-state index in [1.807, 2.05) is 25.0 Å². The van der Waals surface area contributed by atoms with Crippen molar-refractivity contribution in [2.75, 3.05) is 25.2 Å². The SMILES string of the molecule is CNC1CC(C)(C)Cc2nc(C3CSCCO3)ncc21. The molecule has 5 heteroatoms. The maximum absolute atomic E-state index is 5.80. The monoisotopic (exact) mass is 293 g/mol. The maximum atomic E-state index is 5.80. The molecule has 0 spiro atoms. The first kappa shape index (κ1) is 14.3. The van der Waals surface area contributed by atoms with E-state index < -0.39 is 0 Å². The number of rotatable bonds is 2. The van der Waals surface area contributed by atoms with Crippen molar-refractivity contribution in [3.05, 3.63) is 23.3 Å². The predicted octanol–water partition coefficient (Wildman–Crippen LogP) is 2.51. The molecule has 0 bridgehead atoms. The van der Waals surface area contributed by atoms with Gasteiger partial charge in [-0.1, -0.05) is 13.8 Å². The summed E-state index contributed by atoms with van der Waals surface area (Å²) >= 11 is 1.92. The van der Waals surface area contributed by atoms with E-state index in [9.17, 15) is 0 Å². The fourth-order valence-electron chi connectivity index (χ4n) is 3.11. The first-order chi connectivity index (χ1) is 9.59. The predicted molar refractivity (Wildman–Crippen MR) is 82.0 cm³/mol. The molecule has 2 heterocycles. The number of fused-ring (bicyclic) bond motifs is 1. The van der Waals surface area contributed by atoms with Crippen molar-refractivity contribution in [3.63, 3.8) is 0 Å². The van der Waals surface area contributed by atoms with E-state index in [4.69, 9.17) is 9.72 Å². The van der Waals surface area contributed by atoms with E-state index in [0.717, 1.165) is 36.8 Å². The highest BCUT2D eigenvalue weighted by Crippen LogP contribution is 2.40. The lowest BCUT2D eigenvalue weighted by Crippen LogP contribution is -2.33. The van der Waals surface area contributed by atoms with Crippen LogP contribution in [-0.2, 0) is 11.2 Å². The highest BCUT2D eigenvalue weighted by molar-refractivity contribution is 7.99. The number of nitrogens with zero attached hydrogens (tertiary/aromatic N) is 2. The van der Waals surface area contributed by atoms with Gasteiger partial charge in [0.25, 0.3) is 0 Å². The van der Waals surface area contributed by atoms with Crippen LogP contribution in [0.15, 0.2) is 6.20 Å². The average Bonchev–Trinajstić information content (AvgIpc) is 2.45. The first-order valence-electron chi connectivity index (χ1n) is 7.31. The highest BCUT2D eigenvalue weighted by atomic mass is 32.2. The van der Waals surface area contributed by atoms with Gasteiger partial charge in [-0.25, -0.2) is 9.97 Å². The Morgan fingerprint density at radius 1 is 1.45 bits per heavy atom. The van der Waals surface area contributed by atoms with Gasteiger partial charge in [0.1, 0.15) is 6.10 Å². The molecule has 0 aromatic carbocycles. The molecule has 110 valence electrons. The van der Waals surface area contributed by atoms with Gasteiger partial charge in [0.2, 0.25) is 0 Å². The van der Waals surface area contributed by atoms with E-state index in [1.165, 1.54) is 11.3 Å². The van der Waals surface area contributed by atoms with E-state index in [-0.39, 0.29) is 11.5 Å². The van der Waals surface area contributed by atoms with Crippen LogP contribution >= 0.6 is 11.8 Å². The average molecular weight is 293 g/mol. The Balaban J connectivity index is 1.91. The molecule has 0 radical (unpaired) electrons. The Hall–Kier alpha value is -0.650. The van der Waals surface area contributed by atoms with Gasteiger partial charge in [-0.05, 0) is 25.3 Å². The summed E-state index contributed by atoms with van der Waals surface area (Å²) in [6, 6.07) is 0.365. The lowest BCUT2D eigenvalue weighted by atomic mass is 9.74. The number of ether oxygens (including phenoxy) is 1. The summed E-state index contributed by atoms with van der Waals surface area (Å²) in [7, 11) is 2.02. The van der Waals surface area contributed by atoms with Gasteiger partial charge >= 0.3 is 0 Å². The summed E-state index contributed by atoms with van der Waals surface area (Å²) in [5.41, 5.74) is 2.75. The normalized spacial score (nSPS) is 28.9. The second-order valence-electron chi connectivity index (χ2n) is 6.45. The van der Waals surface area contributed by atoms with Gasteiger partial charge < -0.3 is 10.1 Å². The molecule has 1 aliphatic heterocycles. The summed E-state index contributed by atoms with van der Waals surface area (Å²) in [6.07, 6.45) is 4.24. The summed E-state index contributed by atoms with van der Waals surface area (Å²) < 4.78 is 5.80. The fourth-order valence-corrected chi connectivity index (χ4v) is 3.95. The van der Waals surface area contributed by atoms with Crippen molar-refractivity contribution < 1.29 is 4.74 Å². The molecule has 1 saturated heterocycles. The highest BCUT2D eigenvalue weighted by Gasteiger charge is 2.33. The minimum absolute atomic E-state index is 0.0668. The lowest BCUT2D eigenvalue weighted by molar-refractivity contribution is 0.0689. The molecular formula is C15H23N3OS. The quantitative estimate of drug-likeness (QED) is 0.908. The van der Waals surface area contributed by atoms with Crippen molar-refractivity contribution in [3.8, 4) is 0 Å². The number of aromatic nitrogens is 2. The summed E-state index contributed by atoms with van der Waals surface area (Å²) in [5, 5.41) is 3.40. The van der Waals surface area contributed by atoms with Crippen molar-refractivity contribution in [2.24, 2.45) is 5.41 Å². The van der Waals surface area contributed by atoms with Crippen LogP contribution in [0.2, 0.25) is 0 Å². The van der Waals surface area contributed by atoms with Crippen molar-refractivity contribution in [1.29, 1.82) is 0 Å². The molecule has 4 nitrogen and oxygen atoms in total. The van der Waals surface area contributed by atoms with E-state index in [0.29, 0.717) is 6.04 Å². The Morgan fingerprint density at radius 3 is 3.00 bits per heavy atom. The third-order valence-corrected chi connectivity index (χ3v) is 5.14. The van der Waals surface area contributed by atoms with Gasteiger partial charge in [0, 0.05) is 35.0 Å². The van der Waals surface area contributed by atoms with Crippen LogP contribution in [0.3, 0.4) is 0 Å². The third kappa shape index (κ3) is 2.85. The molecule has 0 saturated carbocycles. The second-order valence-corrected chi connectivity index (χ2v) is 7.60. The summed E-state index contributed by atoms with van der Waals surface area (Å²) in [6.45, 7) is 5.43. The Labute approximate surface area is 125 Å². The minimum atomic E-state index is 0.0668. The third-order valence-electron chi connectivity index (χ3n) is 4.15. The molecule has 2 aliphatic rings. The Morgan fingerprint density at radius 2 is 2.30 bits per heavy atom. The summed E-state index contributed by atoms with van der Waals surface area (Å²) in [4.78, 5) is 9.41. The summed E-state index contributed by atoms with van der Waals surface area (Å²) in [5.74, 6) is 2.91. The minimum Gasteiger partial charge on any atom is -0.368 e. The van der Waals surface area contributed by atoms with Crippen LogP contribution in [0.25, 0.3) is 0 Å². The number of nitrogens with one attached hydrogen (secondary N) is 1. The zero-order valence-corrected chi connectivity index (χ0v) is 13.3. The number of hydrogen-bond acceptors (Lipinski definition) is 5. The van der Waals surface area contributed by atoms with Crippen molar-refractivity contribution in [1.82, 2.24) is 15.3 Å². The van der Waals surface area contributed by atoms with E-state index in [2.05, 4.69) is 24.1 Å². The lowest BCUT2D eigenvalue weighted by Gasteiger charge is -2.36. The second kappa shape index (κ2) is 5.62. The molecule has 1 fully saturated rings. The smallest absolute Gasteiger partial charge is 0.158 e. The standard InChI is InChI=1S/C15H23N3OS/c1-15(2)6-11(16-3)10-8-17-14(18-12(10)7-15)13-9-20-5-4-19-13/h8,11,13,16H,4-7,9H2,1-3H3. The number of hydrogen-bond donors (Lipinski definition) is 1. The van der Waals surface area contributed by atoms with Crippen LogP contribution in [0.1, 0.15) is 49.5 Å². The van der Waals surface area contributed by atoms with Crippen molar-refractivity contribution in [2.45, 2.75) is 38.8 Å². The molecule has 20 heavy (non-hydrogen) atoms. The van der Waals surface area contributed by atoms with Crippen molar-refractivity contribution >= 4 is 11.8 Å². The van der Waals surface area contributed by atoms with Crippen LogP contribution in [0.4, 0.5) is 0 Å². The van der Waals surface area contributed by atoms with Crippen LogP contribution < -0.4 is 5.32 Å². The topological polar surface area (TPSA) is 47.0 Å². The van der Waals surface area contributed by atoms with Crippen LogP contribution in [0, 0.1) is 5.41 Å². The molecule has 2 unspecified atom stereocenters. The zero-order chi connectivity index (χ0) is 14.2.